The number of hydrogen-bond donors (Lipinski definition) is 2. The number of benzene rings is 1. The third-order valence-corrected chi connectivity index (χ3v) is 1.90. The van der Waals surface area contributed by atoms with E-state index >= 15 is 0 Å². The van der Waals surface area contributed by atoms with E-state index in [0.717, 1.165) is 0 Å². The summed E-state index contributed by atoms with van der Waals surface area (Å²) in [7, 11) is 1.54. The molecule has 2 aromatic rings. The van der Waals surface area contributed by atoms with Crippen molar-refractivity contribution in [1.29, 1.82) is 0 Å². The molecule has 6 nitrogen and oxygen atoms in total. The minimum atomic E-state index is 0.0869. The number of ether oxygens (including phenoxy) is 1. The lowest BCUT2D eigenvalue weighted by Crippen LogP contribution is -1.92. The summed E-state index contributed by atoms with van der Waals surface area (Å²) in [6, 6.07) is 5.13. The highest BCUT2D eigenvalue weighted by Gasteiger charge is 2.12. The van der Waals surface area contributed by atoms with E-state index in [4.69, 9.17) is 20.7 Å². The molecule has 0 radical (unpaired) electrons. The van der Waals surface area contributed by atoms with E-state index in [1.165, 1.54) is 7.11 Å². The van der Waals surface area contributed by atoms with Gasteiger partial charge in [0.05, 0.1) is 12.7 Å². The summed E-state index contributed by atoms with van der Waals surface area (Å²) in [6.45, 7) is 0. The van der Waals surface area contributed by atoms with E-state index in [1.807, 2.05) is 0 Å². The van der Waals surface area contributed by atoms with Crippen molar-refractivity contribution < 1.29 is 9.26 Å². The van der Waals surface area contributed by atoms with Crippen LogP contribution in [0.5, 0.6) is 5.75 Å². The highest BCUT2D eigenvalue weighted by atomic mass is 16.5. The monoisotopic (exact) mass is 206 g/mol. The Morgan fingerprint density at radius 1 is 1.33 bits per heavy atom. The zero-order valence-corrected chi connectivity index (χ0v) is 8.10. The Bertz CT molecular complexity index is 481. The van der Waals surface area contributed by atoms with Gasteiger partial charge in [-0.1, -0.05) is 0 Å². The maximum absolute atomic E-state index is 5.62. The second kappa shape index (κ2) is 3.49. The Labute approximate surface area is 85.8 Å². The first kappa shape index (κ1) is 9.32. The largest absolute Gasteiger partial charge is 0.496 e. The normalized spacial score (nSPS) is 10.2. The van der Waals surface area contributed by atoms with Crippen LogP contribution in [0.25, 0.3) is 11.5 Å². The third-order valence-electron chi connectivity index (χ3n) is 1.90. The summed E-state index contributed by atoms with van der Waals surface area (Å²) >= 11 is 0. The molecular weight excluding hydrogens is 196 g/mol. The first-order valence-corrected chi connectivity index (χ1v) is 4.24. The van der Waals surface area contributed by atoms with Gasteiger partial charge in [0.1, 0.15) is 5.75 Å². The van der Waals surface area contributed by atoms with Crippen LogP contribution in [0.3, 0.4) is 0 Å². The lowest BCUT2D eigenvalue weighted by molar-refractivity contribution is 0.406. The molecule has 1 aromatic heterocycles. The minimum Gasteiger partial charge on any atom is -0.496 e. The van der Waals surface area contributed by atoms with Crippen LogP contribution in [0.1, 0.15) is 0 Å². The molecule has 15 heavy (non-hydrogen) atoms. The van der Waals surface area contributed by atoms with Crippen LogP contribution in [-0.4, -0.2) is 17.3 Å². The quantitative estimate of drug-likeness (QED) is 0.708. The van der Waals surface area contributed by atoms with E-state index in [-0.39, 0.29) is 5.95 Å². The first-order chi connectivity index (χ1) is 7.20. The van der Waals surface area contributed by atoms with Crippen LogP contribution in [-0.2, 0) is 0 Å². The fraction of sp³-hybridized carbons (Fsp3) is 0.111. The zero-order valence-electron chi connectivity index (χ0n) is 8.10. The molecule has 1 heterocycles. The van der Waals surface area contributed by atoms with Crippen LogP contribution >= 0.6 is 0 Å². The van der Waals surface area contributed by atoms with Gasteiger partial charge in [-0.3, -0.25) is 0 Å². The van der Waals surface area contributed by atoms with Gasteiger partial charge in [-0.25, -0.2) is 0 Å². The third kappa shape index (κ3) is 1.69. The molecule has 0 aliphatic heterocycles. The molecule has 0 aliphatic carbocycles. The van der Waals surface area contributed by atoms with Crippen LogP contribution in [0.4, 0.5) is 11.6 Å². The molecule has 0 bridgehead atoms. The zero-order chi connectivity index (χ0) is 10.8. The first-order valence-electron chi connectivity index (χ1n) is 4.24. The molecule has 6 heteroatoms. The second-order valence-electron chi connectivity index (χ2n) is 2.92. The fourth-order valence-corrected chi connectivity index (χ4v) is 1.23. The smallest absolute Gasteiger partial charge is 0.263 e. The van der Waals surface area contributed by atoms with Crippen LogP contribution < -0.4 is 16.2 Å². The molecule has 0 fully saturated rings. The molecule has 0 saturated carbocycles. The molecular formula is C9H10N4O2. The van der Waals surface area contributed by atoms with Crippen LogP contribution in [0, 0.1) is 0 Å². The number of rotatable bonds is 2. The maximum atomic E-state index is 5.62. The van der Waals surface area contributed by atoms with Crippen molar-refractivity contribution in [2.45, 2.75) is 0 Å². The van der Waals surface area contributed by atoms with Crippen molar-refractivity contribution in [2.75, 3.05) is 18.6 Å². The predicted octanol–water partition coefficient (Wildman–Crippen LogP) is 0.910. The number of anilines is 2. The summed E-state index contributed by atoms with van der Waals surface area (Å²) in [6.07, 6.45) is 0. The standard InChI is InChI=1S/C9H10N4O2/c1-14-7-4-5(10)2-3-6(7)8-12-9(11)13-15-8/h2-4H,10H2,1H3,(H2,11,13). The van der Waals surface area contributed by atoms with Gasteiger partial charge in [0.25, 0.3) is 11.8 Å². The number of hydrogen-bond acceptors (Lipinski definition) is 6. The van der Waals surface area contributed by atoms with E-state index < -0.39 is 0 Å². The van der Waals surface area contributed by atoms with Crippen LogP contribution in [0.15, 0.2) is 22.7 Å². The molecule has 0 spiro atoms. The number of nitrogens with zero attached hydrogens (tertiary/aromatic N) is 2. The Kier molecular flexibility index (Phi) is 2.17. The van der Waals surface area contributed by atoms with Gasteiger partial charge in [0.15, 0.2) is 0 Å². The molecule has 0 saturated heterocycles. The highest BCUT2D eigenvalue weighted by Crippen LogP contribution is 2.30. The molecule has 1 aromatic carbocycles. The molecule has 4 N–H and O–H groups in total. The van der Waals surface area contributed by atoms with Crippen molar-refractivity contribution in [3.63, 3.8) is 0 Å². The topological polar surface area (TPSA) is 100 Å². The Balaban J connectivity index is 2.52. The molecule has 78 valence electrons. The van der Waals surface area contributed by atoms with Gasteiger partial charge in [0.2, 0.25) is 0 Å². The summed E-state index contributed by atoms with van der Waals surface area (Å²) in [5.74, 6) is 0.965. The van der Waals surface area contributed by atoms with E-state index in [1.54, 1.807) is 18.2 Å². The van der Waals surface area contributed by atoms with Gasteiger partial charge in [-0.2, -0.15) is 4.98 Å². The van der Waals surface area contributed by atoms with Crippen LogP contribution in [0.2, 0.25) is 0 Å². The Morgan fingerprint density at radius 3 is 2.73 bits per heavy atom. The number of nitrogens with two attached hydrogens (primary N) is 2. The van der Waals surface area contributed by atoms with Crippen molar-refractivity contribution >= 4 is 11.6 Å². The SMILES string of the molecule is COc1cc(N)ccc1-c1nc(N)no1. The highest BCUT2D eigenvalue weighted by molar-refractivity contribution is 5.67. The molecule has 0 aliphatic rings. The number of methoxy groups -OCH3 is 1. The van der Waals surface area contributed by atoms with E-state index in [2.05, 4.69) is 10.1 Å². The van der Waals surface area contributed by atoms with Gasteiger partial charge < -0.3 is 20.7 Å². The van der Waals surface area contributed by atoms with Crippen molar-refractivity contribution in [3.8, 4) is 17.2 Å². The van der Waals surface area contributed by atoms with E-state index in [0.29, 0.717) is 22.9 Å². The number of aromatic nitrogens is 2. The summed E-state index contributed by atoms with van der Waals surface area (Å²) in [5, 5.41) is 3.50. The summed E-state index contributed by atoms with van der Waals surface area (Å²) in [4.78, 5) is 3.90. The average Bonchev–Trinajstić information content (AvgIpc) is 2.64. The molecule has 2 rings (SSSR count). The predicted molar refractivity (Wildman–Crippen MR) is 55.1 cm³/mol. The van der Waals surface area contributed by atoms with Crippen molar-refractivity contribution in [3.05, 3.63) is 18.2 Å². The Morgan fingerprint density at radius 2 is 2.13 bits per heavy atom. The van der Waals surface area contributed by atoms with Gasteiger partial charge >= 0.3 is 0 Å². The van der Waals surface area contributed by atoms with Gasteiger partial charge in [-0.05, 0) is 17.3 Å². The average molecular weight is 206 g/mol. The van der Waals surface area contributed by atoms with Gasteiger partial charge in [0, 0.05) is 11.8 Å². The fourth-order valence-electron chi connectivity index (χ4n) is 1.23. The lowest BCUT2D eigenvalue weighted by Gasteiger charge is -2.04. The minimum absolute atomic E-state index is 0.0869. The molecule has 0 atom stereocenters. The molecule has 0 unspecified atom stereocenters. The molecule has 0 amide bonds. The van der Waals surface area contributed by atoms with Crippen molar-refractivity contribution in [2.24, 2.45) is 0 Å². The number of nitrogen functional groups attached to an aromatic ring is 2. The summed E-state index contributed by atoms with van der Waals surface area (Å²) in [5.41, 5.74) is 12.2. The maximum Gasteiger partial charge on any atom is 0.263 e. The van der Waals surface area contributed by atoms with Gasteiger partial charge in [-0.15, -0.1) is 0 Å². The second-order valence-corrected chi connectivity index (χ2v) is 2.92. The van der Waals surface area contributed by atoms with E-state index in [9.17, 15) is 0 Å². The van der Waals surface area contributed by atoms with Crippen molar-refractivity contribution in [1.82, 2.24) is 10.1 Å². The summed E-state index contributed by atoms with van der Waals surface area (Å²) < 4.78 is 10.1. The lowest BCUT2D eigenvalue weighted by atomic mass is 10.2. The Hall–Kier alpha value is -2.24.